The Bertz CT molecular complexity index is 489. The maximum absolute atomic E-state index is 13.0. The lowest BCUT2D eigenvalue weighted by Gasteiger charge is -2.01. The molecule has 0 N–H and O–H groups in total. The van der Waals surface area contributed by atoms with Gasteiger partial charge in [-0.05, 0) is 31.2 Å². The van der Waals surface area contributed by atoms with Crippen molar-refractivity contribution in [2.24, 2.45) is 0 Å². The van der Waals surface area contributed by atoms with Gasteiger partial charge in [0.25, 0.3) is 0 Å². The smallest absolute Gasteiger partial charge is 0.193 e. The zero-order valence-corrected chi connectivity index (χ0v) is 8.77. The van der Waals surface area contributed by atoms with E-state index in [0.29, 0.717) is 11.1 Å². The fourth-order valence-corrected chi connectivity index (χ4v) is 1.48. The third kappa shape index (κ3) is 2.14. The molecule has 0 fully saturated rings. The number of pyridine rings is 1. The second-order valence-electron chi connectivity index (χ2n) is 3.53. The summed E-state index contributed by atoms with van der Waals surface area (Å²) in [5.41, 5.74) is 1.64. The van der Waals surface area contributed by atoms with Crippen LogP contribution in [0.1, 0.15) is 21.6 Å². The highest BCUT2D eigenvalue weighted by Gasteiger charge is 2.09. The second-order valence-corrected chi connectivity index (χ2v) is 3.53. The molecule has 80 valence electrons. The van der Waals surface area contributed by atoms with E-state index < -0.39 is 5.82 Å². The van der Waals surface area contributed by atoms with Crippen LogP contribution in [-0.2, 0) is 0 Å². The number of hydrogen-bond acceptors (Lipinski definition) is 2. The van der Waals surface area contributed by atoms with Gasteiger partial charge in [0.05, 0.1) is 0 Å². The Morgan fingerprint density at radius 1 is 1.19 bits per heavy atom. The summed E-state index contributed by atoms with van der Waals surface area (Å²) in [4.78, 5) is 16.0. The maximum atomic E-state index is 13.0. The molecule has 16 heavy (non-hydrogen) atoms. The number of benzene rings is 1. The van der Waals surface area contributed by atoms with E-state index in [4.69, 9.17) is 0 Å². The van der Waals surface area contributed by atoms with Crippen molar-refractivity contribution >= 4 is 5.78 Å². The van der Waals surface area contributed by atoms with Gasteiger partial charge in [0, 0.05) is 23.0 Å². The first-order valence-electron chi connectivity index (χ1n) is 4.90. The lowest BCUT2D eigenvalue weighted by molar-refractivity contribution is 0.103. The van der Waals surface area contributed by atoms with E-state index in [1.54, 1.807) is 24.4 Å². The normalized spacial score (nSPS) is 10.1. The zero-order chi connectivity index (χ0) is 11.5. The van der Waals surface area contributed by atoms with Crippen LogP contribution in [0.3, 0.4) is 0 Å². The molecule has 0 radical (unpaired) electrons. The van der Waals surface area contributed by atoms with E-state index in [9.17, 15) is 9.18 Å². The molecule has 0 aliphatic carbocycles. The molecule has 0 unspecified atom stereocenters. The molecule has 1 aromatic carbocycles. The SMILES string of the molecule is Cc1cc(C(=O)c2cccc(F)c2)ccn1. The van der Waals surface area contributed by atoms with Gasteiger partial charge in [-0.15, -0.1) is 0 Å². The monoisotopic (exact) mass is 215 g/mol. The Balaban J connectivity index is 2.39. The van der Waals surface area contributed by atoms with E-state index in [1.807, 2.05) is 6.92 Å². The Hall–Kier alpha value is -2.03. The van der Waals surface area contributed by atoms with Crippen LogP contribution in [-0.4, -0.2) is 10.8 Å². The number of carbonyl (C=O) groups is 1. The number of halogens is 1. The van der Waals surface area contributed by atoms with Gasteiger partial charge in [-0.3, -0.25) is 9.78 Å². The zero-order valence-electron chi connectivity index (χ0n) is 8.77. The van der Waals surface area contributed by atoms with E-state index in [0.717, 1.165) is 5.69 Å². The summed E-state index contributed by atoms with van der Waals surface area (Å²) >= 11 is 0. The molecule has 0 saturated heterocycles. The number of aromatic nitrogens is 1. The first-order chi connectivity index (χ1) is 7.66. The number of aryl methyl sites for hydroxylation is 1. The molecule has 2 nitrogen and oxygen atoms in total. The van der Waals surface area contributed by atoms with Gasteiger partial charge in [-0.2, -0.15) is 0 Å². The van der Waals surface area contributed by atoms with Crippen molar-refractivity contribution in [1.29, 1.82) is 0 Å². The molecule has 0 saturated carbocycles. The molecule has 0 amide bonds. The van der Waals surface area contributed by atoms with Crippen LogP contribution in [0, 0.1) is 12.7 Å². The van der Waals surface area contributed by atoms with Crippen molar-refractivity contribution < 1.29 is 9.18 Å². The number of rotatable bonds is 2. The molecular formula is C13H10FNO. The molecule has 2 rings (SSSR count). The minimum Gasteiger partial charge on any atom is -0.289 e. The first-order valence-corrected chi connectivity index (χ1v) is 4.90. The summed E-state index contributed by atoms with van der Waals surface area (Å²) in [7, 11) is 0. The molecule has 2 aromatic rings. The van der Waals surface area contributed by atoms with Crippen molar-refractivity contribution in [1.82, 2.24) is 4.98 Å². The summed E-state index contributed by atoms with van der Waals surface area (Å²) in [6.07, 6.45) is 1.57. The van der Waals surface area contributed by atoms with Gasteiger partial charge in [0.1, 0.15) is 5.82 Å². The quantitative estimate of drug-likeness (QED) is 0.721. The van der Waals surface area contributed by atoms with Gasteiger partial charge >= 0.3 is 0 Å². The van der Waals surface area contributed by atoms with Gasteiger partial charge in [0.15, 0.2) is 5.78 Å². The fraction of sp³-hybridized carbons (Fsp3) is 0.0769. The Kier molecular flexibility index (Phi) is 2.77. The maximum Gasteiger partial charge on any atom is 0.193 e. The second kappa shape index (κ2) is 4.23. The molecular weight excluding hydrogens is 205 g/mol. The van der Waals surface area contributed by atoms with Crippen molar-refractivity contribution in [3.8, 4) is 0 Å². The molecule has 3 heteroatoms. The van der Waals surface area contributed by atoms with E-state index in [1.165, 1.54) is 18.2 Å². The fourth-order valence-electron chi connectivity index (χ4n) is 1.48. The summed E-state index contributed by atoms with van der Waals surface area (Å²) in [5, 5.41) is 0. The standard InChI is InChI=1S/C13H10FNO/c1-9-7-11(5-6-15-9)13(16)10-3-2-4-12(14)8-10/h2-8H,1H3. The van der Waals surface area contributed by atoms with Crippen LogP contribution in [0.4, 0.5) is 4.39 Å². The molecule has 1 aromatic heterocycles. The third-order valence-corrected chi connectivity index (χ3v) is 2.25. The Morgan fingerprint density at radius 3 is 2.62 bits per heavy atom. The van der Waals surface area contributed by atoms with Crippen molar-refractivity contribution in [3.05, 3.63) is 65.2 Å². The van der Waals surface area contributed by atoms with Crippen LogP contribution in [0.2, 0.25) is 0 Å². The molecule has 1 heterocycles. The van der Waals surface area contributed by atoms with Crippen LogP contribution < -0.4 is 0 Å². The largest absolute Gasteiger partial charge is 0.289 e. The summed E-state index contributed by atoms with van der Waals surface area (Å²) < 4.78 is 13.0. The number of nitrogens with zero attached hydrogens (tertiary/aromatic N) is 1. The Labute approximate surface area is 92.8 Å². The van der Waals surface area contributed by atoms with Crippen LogP contribution in [0.25, 0.3) is 0 Å². The average Bonchev–Trinajstić information content (AvgIpc) is 2.28. The van der Waals surface area contributed by atoms with E-state index >= 15 is 0 Å². The summed E-state index contributed by atoms with van der Waals surface area (Å²) in [6, 6.07) is 8.98. The molecule has 0 aliphatic rings. The molecule has 0 spiro atoms. The molecule has 0 atom stereocenters. The number of hydrogen-bond donors (Lipinski definition) is 0. The first kappa shape index (κ1) is 10.5. The van der Waals surface area contributed by atoms with E-state index in [2.05, 4.69) is 4.98 Å². The average molecular weight is 215 g/mol. The van der Waals surface area contributed by atoms with Crippen LogP contribution in [0.15, 0.2) is 42.6 Å². The number of carbonyl (C=O) groups excluding carboxylic acids is 1. The lowest BCUT2D eigenvalue weighted by Crippen LogP contribution is -2.02. The highest BCUT2D eigenvalue weighted by molar-refractivity contribution is 6.08. The lowest BCUT2D eigenvalue weighted by atomic mass is 10.0. The van der Waals surface area contributed by atoms with Gasteiger partial charge in [0.2, 0.25) is 0 Å². The molecule has 0 aliphatic heterocycles. The predicted octanol–water partition coefficient (Wildman–Crippen LogP) is 2.76. The molecule has 0 bridgehead atoms. The summed E-state index contributed by atoms with van der Waals surface area (Å²) in [6.45, 7) is 1.81. The predicted molar refractivity (Wildman–Crippen MR) is 58.8 cm³/mol. The van der Waals surface area contributed by atoms with Crippen molar-refractivity contribution in [3.63, 3.8) is 0 Å². The Morgan fingerprint density at radius 2 is 1.94 bits per heavy atom. The van der Waals surface area contributed by atoms with Crippen LogP contribution in [0.5, 0.6) is 0 Å². The highest BCUT2D eigenvalue weighted by atomic mass is 19.1. The topological polar surface area (TPSA) is 30.0 Å². The van der Waals surface area contributed by atoms with E-state index in [-0.39, 0.29) is 5.78 Å². The third-order valence-electron chi connectivity index (χ3n) is 2.25. The van der Waals surface area contributed by atoms with Gasteiger partial charge in [-0.25, -0.2) is 4.39 Å². The van der Waals surface area contributed by atoms with Gasteiger partial charge in [-0.1, -0.05) is 12.1 Å². The minimum atomic E-state index is -0.406. The van der Waals surface area contributed by atoms with Crippen molar-refractivity contribution in [2.45, 2.75) is 6.92 Å². The number of ketones is 1. The van der Waals surface area contributed by atoms with Crippen molar-refractivity contribution in [2.75, 3.05) is 0 Å². The van der Waals surface area contributed by atoms with Gasteiger partial charge < -0.3 is 0 Å². The highest BCUT2D eigenvalue weighted by Crippen LogP contribution is 2.11. The minimum absolute atomic E-state index is 0.190. The summed E-state index contributed by atoms with van der Waals surface area (Å²) in [5.74, 6) is -0.596. The van der Waals surface area contributed by atoms with Crippen LogP contribution >= 0.6 is 0 Å².